The first-order valence-electron chi connectivity index (χ1n) is 12.3. The number of hydrogen-bond donors (Lipinski definition) is 1. The predicted octanol–water partition coefficient (Wildman–Crippen LogP) is 6.77. The maximum atomic E-state index is 13.0. The van der Waals surface area contributed by atoms with E-state index in [4.69, 9.17) is 16.3 Å². The van der Waals surface area contributed by atoms with Crippen molar-refractivity contribution in [2.24, 2.45) is 0 Å². The summed E-state index contributed by atoms with van der Waals surface area (Å²) in [6, 6.07) is 20.1. The summed E-state index contributed by atoms with van der Waals surface area (Å²) in [5, 5.41) is 6.27. The van der Waals surface area contributed by atoms with Crippen LogP contribution in [-0.4, -0.2) is 11.6 Å². The van der Waals surface area contributed by atoms with Gasteiger partial charge in [0.05, 0.1) is 5.02 Å². The number of ketones is 2. The smallest absolute Gasteiger partial charge is 0.161 e. The zero-order valence-electron chi connectivity index (χ0n) is 19.4. The molecule has 0 fully saturated rings. The van der Waals surface area contributed by atoms with Crippen LogP contribution in [0.4, 0.5) is 0 Å². The van der Waals surface area contributed by atoms with Crippen LogP contribution in [0.25, 0.3) is 10.8 Å². The van der Waals surface area contributed by atoms with Gasteiger partial charge in [0.2, 0.25) is 0 Å². The number of ether oxygens (including phenoxy) is 1. The van der Waals surface area contributed by atoms with Crippen molar-refractivity contribution in [3.8, 4) is 5.75 Å². The lowest BCUT2D eigenvalue weighted by Crippen LogP contribution is -2.36. The molecular weight excluding hydrogens is 458 g/mol. The van der Waals surface area contributed by atoms with Crippen molar-refractivity contribution in [2.75, 3.05) is 0 Å². The highest BCUT2D eigenvalue weighted by Crippen LogP contribution is 2.46. The number of carbonyl (C=O) groups is 2. The van der Waals surface area contributed by atoms with Gasteiger partial charge in [0, 0.05) is 41.3 Å². The SMILES string of the molecule is O=C1CCCC2=C1C(c1ccc(OCc3cccc4ccccc34)c(Cl)c1)C1=C(CCCC1=O)N2. The maximum Gasteiger partial charge on any atom is 0.161 e. The van der Waals surface area contributed by atoms with Crippen molar-refractivity contribution in [1.29, 1.82) is 0 Å². The second-order valence-corrected chi connectivity index (χ2v) is 9.92. The molecule has 0 amide bonds. The van der Waals surface area contributed by atoms with Crippen molar-refractivity contribution >= 4 is 33.9 Å². The molecule has 0 spiro atoms. The second-order valence-electron chi connectivity index (χ2n) is 9.51. The summed E-state index contributed by atoms with van der Waals surface area (Å²) in [5.74, 6) is 0.485. The van der Waals surface area contributed by atoms with E-state index in [0.29, 0.717) is 30.2 Å². The van der Waals surface area contributed by atoms with Crippen molar-refractivity contribution in [3.05, 3.63) is 99.4 Å². The lowest BCUT2D eigenvalue weighted by Gasteiger charge is -2.37. The van der Waals surface area contributed by atoms with E-state index in [0.717, 1.165) is 64.7 Å². The van der Waals surface area contributed by atoms with E-state index in [1.165, 1.54) is 5.39 Å². The molecule has 1 N–H and O–H groups in total. The number of halogens is 1. The maximum absolute atomic E-state index is 13.0. The number of hydrogen-bond acceptors (Lipinski definition) is 4. The van der Waals surface area contributed by atoms with Gasteiger partial charge in [0.1, 0.15) is 12.4 Å². The summed E-state index contributed by atoms with van der Waals surface area (Å²) in [6.45, 7) is 0.398. The third-order valence-electron chi connectivity index (χ3n) is 7.34. The third-order valence-corrected chi connectivity index (χ3v) is 7.64. The minimum Gasteiger partial charge on any atom is -0.487 e. The topological polar surface area (TPSA) is 55.4 Å². The van der Waals surface area contributed by atoms with Gasteiger partial charge >= 0.3 is 0 Å². The minimum atomic E-state index is -0.355. The summed E-state index contributed by atoms with van der Waals surface area (Å²) in [5.41, 5.74) is 5.40. The molecule has 0 aromatic heterocycles. The van der Waals surface area contributed by atoms with E-state index in [-0.39, 0.29) is 17.5 Å². The van der Waals surface area contributed by atoms with E-state index < -0.39 is 0 Å². The van der Waals surface area contributed by atoms with E-state index >= 15 is 0 Å². The first-order valence-corrected chi connectivity index (χ1v) is 12.7. The molecule has 1 heterocycles. The van der Waals surface area contributed by atoms with Gasteiger partial charge in [-0.1, -0.05) is 60.1 Å². The molecule has 1 aliphatic heterocycles. The zero-order chi connectivity index (χ0) is 23.9. The van der Waals surface area contributed by atoms with Crippen LogP contribution < -0.4 is 10.1 Å². The highest BCUT2D eigenvalue weighted by molar-refractivity contribution is 6.32. The fraction of sp³-hybridized carbons (Fsp3) is 0.267. The fourth-order valence-electron chi connectivity index (χ4n) is 5.70. The average molecular weight is 484 g/mol. The van der Waals surface area contributed by atoms with Crippen LogP contribution >= 0.6 is 11.6 Å². The van der Waals surface area contributed by atoms with Crippen molar-refractivity contribution < 1.29 is 14.3 Å². The van der Waals surface area contributed by atoms with Gasteiger partial charge < -0.3 is 10.1 Å². The van der Waals surface area contributed by atoms with Crippen molar-refractivity contribution in [1.82, 2.24) is 5.32 Å². The van der Waals surface area contributed by atoms with Crippen LogP contribution in [0.5, 0.6) is 5.75 Å². The number of Topliss-reactive ketones (excluding diaryl/α,β-unsaturated/α-hetero) is 2. The largest absolute Gasteiger partial charge is 0.487 e. The van der Waals surface area contributed by atoms with Gasteiger partial charge in [0.25, 0.3) is 0 Å². The average Bonchev–Trinajstić information content (AvgIpc) is 2.87. The quantitative estimate of drug-likeness (QED) is 0.444. The Labute approximate surface area is 209 Å². The molecule has 0 saturated heterocycles. The fourth-order valence-corrected chi connectivity index (χ4v) is 5.95. The molecule has 176 valence electrons. The number of carbonyl (C=O) groups excluding carboxylic acids is 2. The summed E-state index contributed by atoms with van der Waals surface area (Å²) in [7, 11) is 0. The molecule has 6 rings (SSSR count). The van der Waals surface area contributed by atoms with Crippen molar-refractivity contribution in [2.45, 2.75) is 51.0 Å². The molecule has 35 heavy (non-hydrogen) atoms. The zero-order valence-corrected chi connectivity index (χ0v) is 20.2. The van der Waals surface area contributed by atoms with E-state index in [2.05, 4.69) is 29.6 Å². The summed E-state index contributed by atoms with van der Waals surface area (Å²) < 4.78 is 6.13. The molecule has 0 bridgehead atoms. The van der Waals surface area contributed by atoms with Gasteiger partial charge in [-0.25, -0.2) is 0 Å². The van der Waals surface area contributed by atoms with E-state index in [1.807, 2.05) is 36.4 Å². The molecule has 4 nitrogen and oxygen atoms in total. The Balaban J connectivity index is 1.33. The molecule has 2 aliphatic carbocycles. The minimum absolute atomic E-state index is 0.126. The Morgan fingerprint density at radius 2 is 1.51 bits per heavy atom. The molecule has 0 unspecified atom stereocenters. The standard InChI is InChI=1S/C30H26ClNO3/c31-22-16-19(14-15-27(22)35-17-20-8-3-7-18-6-1-2-9-21(18)20)28-29-23(10-4-12-25(29)33)32-24-11-5-13-26(34)30(24)28/h1-3,6-9,14-16,28,32H,4-5,10-13,17H2. The van der Waals surface area contributed by atoms with Crippen molar-refractivity contribution in [3.63, 3.8) is 0 Å². The summed E-state index contributed by atoms with van der Waals surface area (Å²) in [6.07, 6.45) is 4.40. The number of benzene rings is 3. The lowest BCUT2D eigenvalue weighted by atomic mass is 9.71. The molecule has 0 radical (unpaired) electrons. The molecule has 5 heteroatoms. The number of allylic oxidation sites excluding steroid dienone is 4. The van der Waals surface area contributed by atoms with E-state index in [9.17, 15) is 9.59 Å². The van der Waals surface area contributed by atoms with Gasteiger partial charge in [0.15, 0.2) is 11.6 Å². The van der Waals surface area contributed by atoms with Crippen LogP contribution in [0, 0.1) is 0 Å². The van der Waals surface area contributed by atoms with Gasteiger partial charge in [-0.2, -0.15) is 0 Å². The van der Waals surface area contributed by atoms with Gasteiger partial charge in [-0.3, -0.25) is 9.59 Å². The monoisotopic (exact) mass is 483 g/mol. The van der Waals surface area contributed by atoms with Gasteiger partial charge in [-0.05, 0) is 59.7 Å². The molecule has 3 aliphatic rings. The number of fused-ring (bicyclic) bond motifs is 1. The molecule has 3 aromatic carbocycles. The first kappa shape index (κ1) is 22.1. The van der Waals surface area contributed by atoms with Gasteiger partial charge in [-0.15, -0.1) is 0 Å². The molecule has 0 saturated carbocycles. The Morgan fingerprint density at radius 1 is 0.829 bits per heavy atom. The number of nitrogens with one attached hydrogen (secondary N) is 1. The number of rotatable bonds is 4. The van der Waals surface area contributed by atoms with Crippen LogP contribution in [-0.2, 0) is 16.2 Å². The highest BCUT2D eigenvalue weighted by Gasteiger charge is 2.40. The molecular formula is C30H26ClNO3. The second kappa shape index (κ2) is 9.01. The Hall–Kier alpha value is -3.37. The van der Waals surface area contributed by atoms with Crippen LogP contribution in [0.2, 0.25) is 5.02 Å². The Kier molecular flexibility index (Phi) is 5.69. The molecule has 0 atom stereocenters. The first-order chi connectivity index (χ1) is 17.1. The van der Waals surface area contributed by atoms with Crippen LogP contribution in [0.3, 0.4) is 0 Å². The predicted molar refractivity (Wildman–Crippen MR) is 137 cm³/mol. The van der Waals surface area contributed by atoms with Crippen LogP contribution in [0.1, 0.15) is 55.6 Å². The lowest BCUT2D eigenvalue weighted by molar-refractivity contribution is -0.116. The molecule has 3 aromatic rings. The highest BCUT2D eigenvalue weighted by atomic mass is 35.5. The van der Waals surface area contributed by atoms with E-state index in [1.54, 1.807) is 0 Å². The normalized spacial score (nSPS) is 18.4. The third kappa shape index (κ3) is 3.96. The summed E-state index contributed by atoms with van der Waals surface area (Å²) in [4.78, 5) is 26.0. The Bertz CT molecular complexity index is 1390. The van der Waals surface area contributed by atoms with Crippen LogP contribution in [0.15, 0.2) is 83.2 Å². The Morgan fingerprint density at radius 3 is 2.23 bits per heavy atom. The summed E-state index contributed by atoms with van der Waals surface area (Å²) >= 11 is 6.71. The number of dihydropyridines is 1.